The molecule has 3 aromatic rings. The number of Topliss-reactive ketones (excluding diaryl/α,β-unsaturated/α-hetero) is 1. The van der Waals surface area contributed by atoms with E-state index in [2.05, 4.69) is 21.5 Å². The number of aromatic nitrogens is 3. The fourth-order valence-electron chi connectivity index (χ4n) is 2.58. The highest BCUT2D eigenvalue weighted by atomic mass is 16.1. The van der Waals surface area contributed by atoms with Gasteiger partial charge in [0.25, 0.3) is 0 Å². The third-order valence-corrected chi connectivity index (χ3v) is 3.59. The molecule has 4 heteroatoms. The van der Waals surface area contributed by atoms with Gasteiger partial charge in [-0.25, -0.2) is 4.98 Å². The number of para-hydroxylation sites is 2. The van der Waals surface area contributed by atoms with E-state index in [-0.39, 0.29) is 5.78 Å². The molecule has 21 heavy (non-hydrogen) atoms. The molecule has 106 valence electrons. The molecule has 0 N–H and O–H groups in total. The minimum absolute atomic E-state index is 0.0745. The normalized spacial score (nSPS) is 11.0. The van der Waals surface area contributed by atoms with E-state index >= 15 is 0 Å². The Balaban J connectivity index is 1.96. The molecule has 0 aliphatic heterocycles. The number of ketones is 1. The maximum absolute atomic E-state index is 12.4. The van der Waals surface area contributed by atoms with Gasteiger partial charge in [-0.05, 0) is 38.1 Å². The van der Waals surface area contributed by atoms with Crippen molar-refractivity contribution in [3.8, 4) is 0 Å². The summed E-state index contributed by atoms with van der Waals surface area (Å²) in [4.78, 5) is 21.2. The zero-order chi connectivity index (χ0) is 14.8. The second-order valence-corrected chi connectivity index (χ2v) is 5.05. The number of hydrogen-bond acceptors (Lipinski definition) is 3. The minimum Gasteiger partial charge on any atom is -0.328 e. The van der Waals surface area contributed by atoms with Crippen LogP contribution in [0.2, 0.25) is 0 Å². The lowest BCUT2D eigenvalue weighted by Gasteiger charge is -2.06. The van der Waals surface area contributed by atoms with Crippen LogP contribution in [0.15, 0.2) is 42.6 Å². The van der Waals surface area contributed by atoms with Crippen LogP contribution < -0.4 is 0 Å². The van der Waals surface area contributed by atoms with Crippen molar-refractivity contribution in [2.45, 2.75) is 26.8 Å². The van der Waals surface area contributed by atoms with Crippen molar-refractivity contribution in [3.05, 3.63) is 59.7 Å². The Morgan fingerprint density at radius 2 is 2.05 bits per heavy atom. The fourth-order valence-corrected chi connectivity index (χ4v) is 2.58. The van der Waals surface area contributed by atoms with Gasteiger partial charge in [0, 0.05) is 24.0 Å². The zero-order valence-corrected chi connectivity index (χ0v) is 12.2. The Kier molecular flexibility index (Phi) is 3.52. The number of imidazole rings is 1. The van der Waals surface area contributed by atoms with Gasteiger partial charge in [0.15, 0.2) is 5.78 Å². The summed E-state index contributed by atoms with van der Waals surface area (Å²) in [7, 11) is 0. The Morgan fingerprint density at radius 1 is 1.24 bits per heavy atom. The number of carbonyl (C=O) groups is 1. The smallest absolute Gasteiger partial charge is 0.170 e. The lowest BCUT2D eigenvalue weighted by Crippen LogP contribution is -2.10. The first kappa shape index (κ1) is 13.5. The van der Waals surface area contributed by atoms with Crippen molar-refractivity contribution in [1.82, 2.24) is 14.5 Å². The van der Waals surface area contributed by atoms with E-state index in [1.165, 1.54) is 0 Å². The Morgan fingerprint density at radius 3 is 2.81 bits per heavy atom. The molecule has 0 bridgehead atoms. The van der Waals surface area contributed by atoms with Gasteiger partial charge in [-0.15, -0.1) is 0 Å². The maximum atomic E-state index is 12.4. The lowest BCUT2D eigenvalue weighted by molar-refractivity contribution is 0.0989. The van der Waals surface area contributed by atoms with E-state index in [1.54, 1.807) is 12.3 Å². The third kappa shape index (κ3) is 2.57. The molecular formula is C17H17N3O. The zero-order valence-electron chi connectivity index (χ0n) is 12.2. The van der Waals surface area contributed by atoms with Crippen LogP contribution in [0.1, 0.15) is 28.8 Å². The molecule has 2 heterocycles. The summed E-state index contributed by atoms with van der Waals surface area (Å²) in [6, 6.07) is 11.6. The summed E-state index contributed by atoms with van der Waals surface area (Å²) in [5.41, 5.74) is 3.56. The van der Waals surface area contributed by atoms with E-state index in [0.29, 0.717) is 12.0 Å². The van der Waals surface area contributed by atoms with Crippen LogP contribution in [0.25, 0.3) is 11.0 Å². The number of rotatable bonds is 4. The quantitative estimate of drug-likeness (QED) is 0.689. The molecule has 0 amide bonds. The van der Waals surface area contributed by atoms with Crippen molar-refractivity contribution in [3.63, 3.8) is 0 Å². The van der Waals surface area contributed by atoms with Gasteiger partial charge in [0.2, 0.25) is 0 Å². The predicted molar refractivity (Wildman–Crippen MR) is 82.4 cm³/mol. The molecule has 3 rings (SSSR count). The Labute approximate surface area is 123 Å². The number of carbonyl (C=O) groups excluding carboxylic acids is 1. The largest absolute Gasteiger partial charge is 0.328 e. The summed E-state index contributed by atoms with van der Waals surface area (Å²) in [6.45, 7) is 4.76. The summed E-state index contributed by atoms with van der Waals surface area (Å²) < 4.78 is 2.10. The van der Waals surface area contributed by atoms with E-state index < -0.39 is 0 Å². The molecular weight excluding hydrogens is 262 g/mol. The number of aryl methyl sites for hydroxylation is 2. The van der Waals surface area contributed by atoms with E-state index in [1.807, 2.05) is 37.3 Å². The molecule has 0 radical (unpaired) electrons. The average Bonchev–Trinajstić information content (AvgIpc) is 2.84. The second kappa shape index (κ2) is 5.48. The molecule has 0 fully saturated rings. The molecule has 2 aromatic heterocycles. The maximum Gasteiger partial charge on any atom is 0.170 e. The molecule has 0 saturated heterocycles. The predicted octanol–water partition coefficient (Wildman–Crippen LogP) is 3.19. The topological polar surface area (TPSA) is 47.8 Å². The third-order valence-electron chi connectivity index (χ3n) is 3.59. The van der Waals surface area contributed by atoms with Crippen molar-refractivity contribution >= 4 is 16.8 Å². The minimum atomic E-state index is 0.0745. The number of pyridine rings is 1. The van der Waals surface area contributed by atoms with Crippen LogP contribution in [-0.2, 0) is 13.0 Å². The standard InChI is InChI=1S/C17H17N3O/c1-3-20-15-7-5-4-6-14(15)19-17(20)11-16(21)13-8-9-18-12(2)10-13/h4-10H,3,11H2,1-2H3. The molecule has 0 saturated carbocycles. The monoisotopic (exact) mass is 279 g/mol. The molecule has 4 nitrogen and oxygen atoms in total. The Hall–Kier alpha value is -2.49. The first-order chi connectivity index (χ1) is 10.2. The fraction of sp³-hybridized carbons (Fsp3) is 0.235. The SMILES string of the molecule is CCn1c(CC(=O)c2ccnc(C)c2)nc2ccccc21. The number of benzene rings is 1. The van der Waals surface area contributed by atoms with Crippen LogP contribution in [0, 0.1) is 6.92 Å². The first-order valence-corrected chi connectivity index (χ1v) is 7.09. The number of fused-ring (bicyclic) bond motifs is 1. The lowest BCUT2D eigenvalue weighted by atomic mass is 10.1. The highest BCUT2D eigenvalue weighted by Gasteiger charge is 2.14. The highest BCUT2D eigenvalue weighted by molar-refractivity contribution is 5.97. The molecule has 1 aromatic carbocycles. The molecule has 0 unspecified atom stereocenters. The van der Waals surface area contributed by atoms with Crippen LogP contribution in [0.3, 0.4) is 0 Å². The van der Waals surface area contributed by atoms with Crippen LogP contribution in [0.4, 0.5) is 0 Å². The van der Waals surface area contributed by atoms with Crippen LogP contribution >= 0.6 is 0 Å². The summed E-state index contributed by atoms with van der Waals surface area (Å²) >= 11 is 0. The van der Waals surface area contributed by atoms with Crippen LogP contribution in [0.5, 0.6) is 0 Å². The second-order valence-electron chi connectivity index (χ2n) is 5.05. The number of nitrogens with zero attached hydrogens (tertiary/aromatic N) is 3. The van der Waals surface area contributed by atoms with Gasteiger partial charge in [0.1, 0.15) is 5.82 Å². The van der Waals surface area contributed by atoms with Gasteiger partial charge in [0.05, 0.1) is 17.5 Å². The molecule has 0 aliphatic carbocycles. The van der Waals surface area contributed by atoms with E-state index in [0.717, 1.165) is 29.1 Å². The van der Waals surface area contributed by atoms with Crippen molar-refractivity contribution in [1.29, 1.82) is 0 Å². The average molecular weight is 279 g/mol. The van der Waals surface area contributed by atoms with Gasteiger partial charge in [-0.1, -0.05) is 12.1 Å². The number of hydrogen-bond donors (Lipinski definition) is 0. The first-order valence-electron chi connectivity index (χ1n) is 7.09. The van der Waals surface area contributed by atoms with Crippen molar-refractivity contribution < 1.29 is 4.79 Å². The van der Waals surface area contributed by atoms with E-state index in [4.69, 9.17) is 0 Å². The van der Waals surface area contributed by atoms with Gasteiger partial charge in [-0.2, -0.15) is 0 Å². The molecule has 0 aliphatic rings. The van der Waals surface area contributed by atoms with Crippen molar-refractivity contribution in [2.75, 3.05) is 0 Å². The summed E-state index contributed by atoms with van der Waals surface area (Å²) in [5.74, 6) is 0.892. The van der Waals surface area contributed by atoms with Crippen molar-refractivity contribution in [2.24, 2.45) is 0 Å². The van der Waals surface area contributed by atoms with E-state index in [9.17, 15) is 4.79 Å². The molecule has 0 atom stereocenters. The molecule has 0 spiro atoms. The van der Waals surface area contributed by atoms with Gasteiger partial charge < -0.3 is 4.57 Å². The summed E-state index contributed by atoms with van der Waals surface area (Å²) in [6.07, 6.45) is 1.98. The van der Waals surface area contributed by atoms with Crippen LogP contribution in [-0.4, -0.2) is 20.3 Å². The van der Waals surface area contributed by atoms with Gasteiger partial charge >= 0.3 is 0 Å². The summed E-state index contributed by atoms with van der Waals surface area (Å²) in [5, 5.41) is 0. The van der Waals surface area contributed by atoms with Gasteiger partial charge in [-0.3, -0.25) is 9.78 Å². The Bertz CT molecular complexity index is 805. The highest BCUT2D eigenvalue weighted by Crippen LogP contribution is 2.17.